The molecule has 2 nitrogen and oxygen atoms in total. The first kappa shape index (κ1) is 15.9. The Morgan fingerprint density at radius 1 is 1.00 bits per heavy atom. The summed E-state index contributed by atoms with van der Waals surface area (Å²) in [5.74, 6) is 0.0265. The van der Waals surface area contributed by atoms with Crippen LogP contribution in [0.2, 0.25) is 0 Å². The molecule has 0 heterocycles. The highest BCUT2D eigenvalue weighted by Crippen LogP contribution is 2.24. The predicted octanol–water partition coefficient (Wildman–Crippen LogP) is 3.65. The Kier molecular flexibility index (Phi) is 8.19. The molecule has 0 aliphatic rings. The van der Waals surface area contributed by atoms with Crippen LogP contribution in [0.25, 0.3) is 0 Å². The van der Waals surface area contributed by atoms with Crippen molar-refractivity contribution in [1.29, 1.82) is 0 Å². The van der Waals surface area contributed by atoms with Crippen molar-refractivity contribution < 1.29 is 10.2 Å². The predicted molar refractivity (Wildman–Crippen MR) is 80.2 cm³/mol. The van der Waals surface area contributed by atoms with Crippen LogP contribution in [-0.2, 0) is 0 Å². The third-order valence-corrected chi connectivity index (χ3v) is 3.51. The van der Waals surface area contributed by atoms with Gasteiger partial charge < -0.3 is 10.2 Å². The second kappa shape index (κ2) is 9.76. The molecule has 0 saturated heterocycles. The highest BCUT2D eigenvalue weighted by Gasteiger charge is 2.17. The first-order valence-corrected chi connectivity index (χ1v) is 7.26. The third kappa shape index (κ3) is 6.04. The van der Waals surface area contributed by atoms with Gasteiger partial charge in [-0.1, -0.05) is 62.1 Å². The van der Waals surface area contributed by atoms with Crippen LogP contribution >= 0.6 is 0 Å². The summed E-state index contributed by atoms with van der Waals surface area (Å²) in [5, 5.41) is 18.9. The Bertz CT molecular complexity index is 334. The zero-order valence-corrected chi connectivity index (χ0v) is 11.7. The molecule has 2 N–H and O–H groups in total. The molecule has 0 aliphatic carbocycles. The monoisotopic (exact) mass is 262 g/mol. The van der Waals surface area contributed by atoms with Crippen LogP contribution in [0.5, 0.6) is 0 Å². The summed E-state index contributed by atoms with van der Waals surface area (Å²) in [6, 6.07) is 10.0. The van der Waals surface area contributed by atoms with E-state index in [9.17, 15) is 5.11 Å². The zero-order valence-electron chi connectivity index (χ0n) is 11.7. The molecule has 1 aromatic rings. The molecule has 1 rings (SSSR count). The summed E-state index contributed by atoms with van der Waals surface area (Å²) in [7, 11) is 0. The molecule has 0 unspecified atom stereocenters. The topological polar surface area (TPSA) is 40.5 Å². The number of hydrogen-bond acceptors (Lipinski definition) is 2. The molecule has 0 amide bonds. The van der Waals surface area contributed by atoms with Crippen LogP contribution in [0.15, 0.2) is 43.0 Å². The van der Waals surface area contributed by atoms with Gasteiger partial charge in [-0.25, -0.2) is 0 Å². The molecule has 106 valence electrons. The van der Waals surface area contributed by atoms with Crippen molar-refractivity contribution in [2.45, 2.75) is 50.5 Å². The van der Waals surface area contributed by atoms with E-state index in [-0.39, 0.29) is 18.6 Å². The number of unbranched alkanes of at least 4 members (excludes halogenated alkanes) is 4. The summed E-state index contributed by atoms with van der Waals surface area (Å²) >= 11 is 0. The summed E-state index contributed by atoms with van der Waals surface area (Å²) in [6.07, 6.45) is 7.56. The third-order valence-electron chi connectivity index (χ3n) is 3.51. The van der Waals surface area contributed by atoms with Crippen molar-refractivity contribution in [3.8, 4) is 0 Å². The van der Waals surface area contributed by atoms with E-state index < -0.39 is 0 Å². The van der Waals surface area contributed by atoms with Gasteiger partial charge in [-0.2, -0.15) is 0 Å². The molecule has 19 heavy (non-hydrogen) atoms. The first-order chi connectivity index (χ1) is 9.29. The normalized spacial score (nSPS) is 14.0. The van der Waals surface area contributed by atoms with E-state index in [1.165, 1.54) is 0 Å². The van der Waals surface area contributed by atoms with E-state index in [1.54, 1.807) is 0 Å². The SMILES string of the molecule is C=C[C@H](c1ccccc1)[C@H](O)CCCCCCCO. The quantitative estimate of drug-likeness (QED) is 0.499. The van der Waals surface area contributed by atoms with Gasteiger partial charge in [0.15, 0.2) is 0 Å². The largest absolute Gasteiger partial charge is 0.396 e. The maximum Gasteiger partial charge on any atom is 0.0643 e. The molecule has 0 saturated carbocycles. The molecule has 0 radical (unpaired) electrons. The van der Waals surface area contributed by atoms with Crippen molar-refractivity contribution >= 4 is 0 Å². The van der Waals surface area contributed by atoms with Crippen LogP contribution in [0.4, 0.5) is 0 Å². The molecule has 0 aromatic heterocycles. The Labute approximate surface area is 116 Å². The van der Waals surface area contributed by atoms with Crippen LogP contribution in [-0.4, -0.2) is 22.9 Å². The first-order valence-electron chi connectivity index (χ1n) is 7.26. The number of hydrogen-bond donors (Lipinski definition) is 2. The molecule has 0 spiro atoms. The van der Waals surface area contributed by atoms with Crippen LogP contribution in [0, 0.1) is 0 Å². The molecule has 2 atom stereocenters. The minimum Gasteiger partial charge on any atom is -0.396 e. The fraction of sp³-hybridized carbons (Fsp3) is 0.529. The lowest BCUT2D eigenvalue weighted by Crippen LogP contribution is -2.16. The molecule has 0 aliphatic heterocycles. The molecule has 0 bridgehead atoms. The Morgan fingerprint density at radius 3 is 2.26 bits per heavy atom. The Balaban J connectivity index is 2.30. The van der Waals surface area contributed by atoms with Gasteiger partial charge in [0.1, 0.15) is 0 Å². The highest BCUT2D eigenvalue weighted by atomic mass is 16.3. The van der Waals surface area contributed by atoms with E-state index in [4.69, 9.17) is 5.11 Å². The lowest BCUT2D eigenvalue weighted by atomic mass is 9.90. The van der Waals surface area contributed by atoms with E-state index in [1.807, 2.05) is 36.4 Å². The van der Waals surface area contributed by atoms with E-state index in [0.29, 0.717) is 0 Å². The van der Waals surface area contributed by atoms with Crippen molar-refractivity contribution in [1.82, 2.24) is 0 Å². The van der Waals surface area contributed by atoms with Crippen LogP contribution < -0.4 is 0 Å². The summed E-state index contributed by atoms with van der Waals surface area (Å²) in [5.41, 5.74) is 1.13. The van der Waals surface area contributed by atoms with E-state index >= 15 is 0 Å². The minimum absolute atomic E-state index is 0.0265. The summed E-state index contributed by atoms with van der Waals surface area (Å²) in [4.78, 5) is 0. The van der Waals surface area contributed by atoms with Gasteiger partial charge in [0, 0.05) is 12.5 Å². The van der Waals surface area contributed by atoms with Crippen LogP contribution in [0.3, 0.4) is 0 Å². The smallest absolute Gasteiger partial charge is 0.0643 e. The molecule has 2 heteroatoms. The molecular formula is C17H26O2. The summed E-state index contributed by atoms with van der Waals surface area (Å²) < 4.78 is 0. The molecule has 0 fully saturated rings. The maximum absolute atomic E-state index is 10.3. The van der Waals surface area contributed by atoms with Crippen molar-refractivity contribution in [3.05, 3.63) is 48.6 Å². The average molecular weight is 262 g/mol. The Morgan fingerprint density at radius 2 is 1.63 bits per heavy atom. The van der Waals surface area contributed by atoms with E-state index in [2.05, 4.69) is 6.58 Å². The summed E-state index contributed by atoms with van der Waals surface area (Å²) in [6.45, 7) is 4.13. The van der Waals surface area contributed by atoms with Crippen molar-refractivity contribution in [2.75, 3.05) is 6.61 Å². The van der Waals surface area contributed by atoms with Gasteiger partial charge in [-0.3, -0.25) is 0 Å². The highest BCUT2D eigenvalue weighted by molar-refractivity contribution is 5.24. The van der Waals surface area contributed by atoms with Gasteiger partial charge >= 0.3 is 0 Å². The number of aliphatic hydroxyl groups excluding tert-OH is 2. The van der Waals surface area contributed by atoms with Crippen molar-refractivity contribution in [2.24, 2.45) is 0 Å². The second-order valence-corrected chi connectivity index (χ2v) is 5.02. The fourth-order valence-electron chi connectivity index (χ4n) is 2.37. The van der Waals surface area contributed by atoms with E-state index in [0.717, 1.165) is 44.1 Å². The van der Waals surface area contributed by atoms with Gasteiger partial charge in [0.05, 0.1) is 6.10 Å². The van der Waals surface area contributed by atoms with Gasteiger partial charge in [0.2, 0.25) is 0 Å². The number of rotatable bonds is 10. The van der Waals surface area contributed by atoms with Crippen molar-refractivity contribution in [3.63, 3.8) is 0 Å². The maximum atomic E-state index is 10.3. The lowest BCUT2D eigenvalue weighted by Gasteiger charge is -2.20. The molecular weight excluding hydrogens is 236 g/mol. The van der Waals surface area contributed by atoms with Crippen LogP contribution in [0.1, 0.15) is 50.0 Å². The number of benzene rings is 1. The zero-order chi connectivity index (χ0) is 13.9. The standard InChI is InChI=1S/C17H26O2/c1-2-16(15-11-7-6-8-12-15)17(19)13-9-4-3-5-10-14-18/h2,6-8,11-12,16-19H,1,3-5,9-10,13-14H2/t16-,17-/m1/s1. The van der Waals surface area contributed by atoms with Gasteiger partial charge in [0.25, 0.3) is 0 Å². The lowest BCUT2D eigenvalue weighted by molar-refractivity contribution is 0.145. The fourth-order valence-corrected chi connectivity index (χ4v) is 2.37. The average Bonchev–Trinajstić information content (AvgIpc) is 2.45. The Hall–Kier alpha value is -1.12. The number of aliphatic hydroxyl groups is 2. The van der Waals surface area contributed by atoms with Gasteiger partial charge in [-0.15, -0.1) is 6.58 Å². The minimum atomic E-state index is -0.349. The second-order valence-electron chi connectivity index (χ2n) is 5.02. The molecule has 1 aromatic carbocycles. The van der Waals surface area contributed by atoms with Gasteiger partial charge in [-0.05, 0) is 18.4 Å².